The Hall–Kier alpha value is -1.13. The fourth-order valence-corrected chi connectivity index (χ4v) is 2.37. The number of aromatic nitrogens is 2. The highest BCUT2D eigenvalue weighted by Crippen LogP contribution is 2.32. The number of nitrogens with two attached hydrogens (primary N) is 1. The first-order valence-electron chi connectivity index (χ1n) is 4.75. The monoisotopic (exact) mass is 253 g/mol. The molecule has 84 valence electrons. The molecule has 1 aromatic heterocycles. The van der Waals surface area contributed by atoms with Crippen LogP contribution in [0.25, 0.3) is 11.1 Å². The molecule has 0 saturated carbocycles. The molecule has 16 heavy (non-hydrogen) atoms. The number of anilines is 1. The third-order valence-corrected chi connectivity index (χ3v) is 3.67. The summed E-state index contributed by atoms with van der Waals surface area (Å²) in [6.07, 6.45) is 3.75. The molecule has 0 fully saturated rings. The van der Waals surface area contributed by atoms with Gasteiger partial charge in [0.25, 0.3) is 0 Å². The van der Waals surface area contributed by atoms with Crippen LogP contribution in [0.5, 0.6) is 0 Å². The van der Waals surface area contributed by atoms with E-state index in [1.807, 2.05) is 31.5 Å². The second-order valence-corrected chi connectivity index (χ2v) is 4.67. The highest BCUT2D eigenvalue weighted by atomic mass is 35.5. The maximum atomic E-state index is 6.15. The lowest BCUT2D eigenvalue weighted by Crippen LogP contribution is -1.98. The standard InChI is InChI=1S/C11H12ClN3S/c1-15-11(13)8(6-14-15)7-3-4-10(16-2)9(12)5-7/h3-6H,13H2,1-2H3. The van der Waals surface area contributed by atoms with Gasteiger partial charge in [-0.2, -0.15) is 5.10 Å². The van der Waals surface area contributed by atoms with Crippen molar-refractivity contribution in [2.45, 2.75) is 4.90 Å². The molecule has 0 aliphatic carbocycles. The number of hydrogen-bond acceptors (Lipinski definition) is 3. The van der Waals surface area contributed by atoms with E-state index in [4.69, 9.17) is 17.3 Å². The Kier molecular flexibility index (Phi) is 3.12. The Morgan fingerprint density at radius 1 is 1.44 bits per heavy atom. The fourth-order valence-electron chi connectivity index (χ4n) is 1.50. The van der Waals surface area contributed by atoms with Gasteiger partial charge >= 0.3 is 0 Å². The van der Waals surface area contributed by atoms with Crippen LogP contribution in [-0.4, -0.2) is 16.0 Å². The Morgan fingerprint density at radius 2 is 2.19 bits per heavy atom. The Morgan fingerprint density at radius 3 is 2.69 bits per heavy atom. The minimum absolute atomic E-state index is 0.646. The number of thioether (sulfide) groups is 1. The van der Waals surface area contributed by atoms with Gasteiger partial charge < -0.3 is 5.73 Å². The highest BCUT2D eigenvalue weighted by molar-refractivity contribution is 7.98. The zero-order chi connectivity index (χ0) is 11.7. The lowest BCUT2D eigenvalue weighted by molar-refractivity contribution is 0.779. The molecular formula is C11H12ClN3S. The van der Waals surface area contributed by atoms with Crippen LogP contribution in [0.4, 0.5) is 5.82 Å². The van der Waals surface area contributed by atoms with Crippen molar-refractivity contribution in [1.29, 1.82) is 0 Å². The maximum absolute atomic E-state index is 6.15. The van der Waals surface area contributed by atoms with E-state index in [2.05, 4.69) is 5.10 Å². The molecular weight excluding hydrogens is 242 g/mol. The molecule has 0 aliphatic rings. The second-order valence-electron chi connectivity index (χ2n) is 3.42. The van der Waals surface area contributed by atoms with Gasteiger partial charge in [-0.15, -0.1) is 11.8 Å². The second kappa shape index (κ2) is 4.39. The molecule has 3 nitrogen and oxygen atoms in total. The molecule has 1 aromatic carbocycles. The first-order chi connectivity index (χ1) is 7.63. The van der Waals surface area contributed by atoms with Crippen molar-refractivity contribution < 1.29 is 0 Å². The first kappa shape index (κ1) is 11.4. The molecule has 2 N–H and O–H groups in total. The van der Waals surface area contributed by atoms with Crippen LogP contribution in [0, 0.1) is 0 Å². The van der Waals surface area contributed by atoms with Crippen molar-refractivity contribution in [1.82, 2.24) is 9.78 Å². The molecule has 0 amide bonds. The summed E-state index contributed by atoms with van der Waals surface area (Å²) in [6, 6.07) is 5.92. The molecule has 2 aromatic rings. The van der Waals surface area contributed by atoms with Crippen LogP contribution in [0.3, 0.4) is 0 Å². The summed E-state index contributed by atoms with van der Waals surface area (Å²) in [4.78, 5) is 1.06. The minimum atomic E-state index is 0.646. The van der Waals surface area contributed by atoms with E-state index in [9.17, 15) is 0 Å². The zero-order valence-electron chi connectivity index (χ0n) is 9.07. The Labute approximate surface area is 104 Å². The number of aryl methyl sites for hydroxylation is 1. The number of hydrogen-bond donors (Lipinski definition) is 1. The number of nitrogens with zero attached hydrogens (tertiary/aromatic N) is 2. The van der Waals surface area contributed by atoms with Gasteiger partial charge in [0.1, 0.15) is 5.82 Å². The summed E-state index contributed by atoms with van der Waals surface area (Å²) in [5.41, 5.74) is 7.82. The molecule has 0 spiro atoms. The molecule has 5 heteroatoms. The van der Waals surface area contributed by atoms with Crippen LogP contribution < -0.4 is 5.73 Å². The lowest BCUT2D eigenvalue weighted by Gasteiger charge is -2.04. The molecule has 0 unspecified atom stereocenters. The van der Waals surface area contributed by atoms with Gasteiger partial charge in [-0.1, -0.05) is 17.7 Å². The molecule has 0 aliphatic heterocycles. The lowest BCUT2D eigenvalue weighted by atomic mass is 10.1. The third-order valence-electron chi connectivity index (χ3n) is 2.45. The Bertz CT molecular complexity index is 522. The molecule has 1 heterocycles. The van der Waals surface area contributed by atoms with E-state index in [1.54, 1.807) is 22.6 Å². The van der Waals surface area contributed by atoms with E-state index in [1.165, 1.54) is 0 Å². The van der Waals surface area contributed by atoms with Gasteiger partial charge in [-0.3, -0.25) is 4.68 Å². The van der Waals surface area contributed by atoms with Crippen LogP contribution in [0.15, 0.2) is 29.3 Å². The van der Waals surface area contributed by atoms with Crippen LogP contribution >= 0.6 is 23.4 Å². The SMILES string of the molecule is CSc1ccc(-c2cnn(C)c2N)cc1Cl. The largest absolute Gasteiger partial charge is 0.383 e. The van der Waals surface area contributed by atoms with Crippen molar-refractivity contribution in [2.24, 2.45) is 7.05 Å². The average molecular weight is 254 g/mol. The van der Waals surface area contributed by atoms with E-state index in [0.29, 0.717) is 5.82 Å². The predicted molar refractivity (Wildman–Crippen MR) is 69.8 cm³/mol. The smallest absolute Gasteiger partial charge is 0.129 e. The summed E-state index contributed by atoms with van der Waals surface area (Å²) in [5, 5.41) is 4.85. The van der Waals surface area contributed by atoms with Gasteiger partial charge in [-0.05, 0) is 24.0 Å². The van der Waals surface area contributed by atoms with Gasteiger partial charge in [0, 0.05) is 17.5 Å². The van der Waals surface area contributed by atoms with Crippen molar-refractivity contribution in [3.05, 3.63) is 29.4 Å². The molecule has 0 bridgehead atoms. The number of nitrogen functional groups attached to an aromatic ring is 1. The quantitative estimate of drug-likeness (QED) is 0.837. The van der Waals surface area contributed by atoms with Crippen molar-refractivity contribution >= 4 is 29.2 Å². The Balaban J connectivity index is 2.49. The minimum Gasteiger partial charge on any atom is -0.383 e. The van der Waals surface area contributed by atoms with Crippen LogP contribution in [-0.2, 0) is 7.05 Å². The number of rotatable bonds is 2. The van der Waals surface area contributed by atoms with Crippen molar-refractivity contribution in [3.63, 3.8) is 0 Å². The van der Waals surface area contributed by atoms with Crippen molar-refractivity contribution in [3.8, 4) is 11.1 Å². The number of benzene rings is 1. The first-order valence-corrected chi connectivity index (χ1v) is 6.35. The normalized spacial score (nSPS) is 10.7. The van der Waals surface area contributed by atoms with Crippen LogP contribution in [0.2, 0.25) is 5.02 Å². The molecule has 0 saturated heterocycles. The van der Waals surface area contributed by atoms with E-state index < -0.39 is 0 Å². The van der Waals surface area contributed by atoms with Gasteiger partial charge in [0.05, 0.1) is 11.2 Å². The third kappa shape index (κ3) is 1.90. The number of halogens is 1. The van der Waals surface area contributed by atoms with Crippen LogP contribution in [0.1, 0.15) is 0 Å². The summed E-state index contributed by atoms with van der Waals surface area (Å²) in [7, 11) is 1.82. The summed E-state index contributed by atoms with van der Waals surface area (Å²) in [5.74, 6) is 0.646. The maximum Gasteiger partial charge on any atom is 0.129 e. The van der Waals surface area contributed by atoms with E-state index in [0.717, 1.165) is 21.0 Å². The van der Waals surface area contributed by atoms with E-state index in [-0.39, 0.29) is 0 Å². The predicted octanol–water partition coefficient (Wildman–Crippen LogP) is 3.04. The summed E-state index contributed by atoms with van der Waals surface area (Å²) >= 11 is 7.77. The fraction of sp³-hybridized carbons (Fsp3) is 0.182. The van der Waals surface area contributed by atoms with Gasteiger partial charge in [0.2, 0.25) is 0 Å². The average Bonchev–Trinajstić information content (AvgIpc) is 2.60. The van der Waals surface area contributed by atoms with Gasteiger partial charge in [0.15, 0.2) is 0 Å². The topological polar surface area (TPSA) is 43.8 Å². The zero-order valence-corrected chi connectivity index (χ0v) is 10.6. The molecule has 0 radical (unpaired) electrons. The van der Waals surface area contributed by atoms with E-state index >= 15 is 0 Å². The van der Waals surface area contributed by atoms with Crippen molar-refractivity contribution in [2.75, 3.05) is 12.0 Å². The summed E-state index contributed by atoms with van der Waals surface area (Å²) in [6.45, 7) is 0. The molecule has 0 atom stereocenters. The van der Waals surface area contributed by atoms with Gasteiger partial charge in [-0.25, -0.2) is 0 Å². The summed E-state index contributed by atoms with van der Waals surface area (Å²) < 4.78 is 1.64. The molecule has 2 rings (SSSR count). The highest BCUT2D eigenvalue weighted by Gasteiger charge is 2.09.